The van der Waals surface area contributed by atoms with Crippen molar-refractivity contribution in [2.75, 3.05) is 6.61 Å². The van der Waals surface area contributed by atoms with Crippen molar-refractivity contribution in [3.05, 3.63) is 0 Å². The van der Waals surface area contributed by atoms with Gasteiger partial charge in [0.2, 0.25) is 12.2 Å². The van der Waals surface area contributed by atoms with E-state index >= 15 is 0 Å². The summed E-state index contributed by atoms with van der Waals surface area (Å²) in [5.41, 5.74) is 0. The lowest BCUT2D eigenvalue weighted by atomic mass is 9.96. The minimum atomic E-state index is -1.42. The summed E-state index contributed by atoms with van der Waals surface area (Å²) >= 11 is 0. The van der Waals surface area contributed by atoms with Gasteiger partial charge in [-0.25, -0.2) is 0 Å². The Morgan fingerprint density at radius 3 is 1.97 bits per heavy atom. The van der Waals surface area contributed by atoms with E-state index < -0.39 is 60.4 Å². The normalized spacial score (nSPS) is 25.2. The zero-order valence-electron chi connectivity index (χ0n) is 17.2. The third kappa shape index (κ3) is 8.08. The second-order valence-corrected chi connectivity index (χ2v) is 6.40. The molecule has 0 aromatic carbocycles. The van der Waals surface area contributed by atoms with Crippen molar-refractivity contribution in [2.24, 2.45) is 0 Å². The number of nitrogens with one attached hydrogen (secondary N) is 1. The topological polar surface area (TPSA) is 144 Å². The van der Waals surface area contributed by atoms with Gasteiger partial charge in [-0.2, -0.15) is 0 Å². The third-order valence-corrected chi connectivity index (χ3v) is 3.81. The van der Waals surface area contributed by atoms with Crippen molar-refractivity contribution in [2.45, 2.75) is 71.2 Å². The van der Waals surface area contributed by atoms with Crippen LogP contribution in [0.2, 0.25) is 0 Å². The number of terminal acetylenes is 1. The number of esters is 4. The second kappa shape index (κ2) is 11.8. The molecule has 1 aliphatic rings. The van der Waals surface area contributed by atoms with Crippen LogP contribution in [0.1, 0.15) is 40.5 Å². The first-order valence-electron chi connectivity index (χ1n) is 9.08. The van der Waals surface area contributed by atoms with Gasteiger partial charge in [0.25, 0.3) is 0 Å². The maximum Gasteiger partial charge on any atom is 0.305 e. The van der Waals surface area contributed by atoms with E-state index in [2.05, 4.69) is 11.2 Å². The van der Waals surface area contributed by atoms with Crippen LogP contribution in [-0.2, 0) is 47.7 Å². The molecule has 1 aliphatic heterocycles. The van der Waals surface area contributed by atoms with Crippen molar-refractivity contribution in [1.29, 1.82) is 0 Å². The van der Waals surface area contributed by atoms with Crippen molar-refractivity contribution < 1.29 is 47.7 Å². The Morgan fingerprint density at radius 1 is 0.900 bits per heavy atom. The standard InChI is InChI=1S/C19H25NO10/c1-6-7-8-15(25)20-16-18(28-12(4)23)17(27-11(3)22)14(9-26-10(2)21)30-19(16)29-13(5)24/h1,14,16-19H,7-9H2,2-5H3,(H,20,25)/t14-,16+,17-,18-,19?/m1/s1. The Kier molecular flexibility index (Phi) is 9.77. The van der Waals surface area contributed by atoms with E-state index in [1.54, 1.807) is 0 Å². The first-order valence-corrected chi connectivity index (χ1v) is 9.08. The molecule has 1 heterocycles. The molecule has 0 radical (unpaired) electrons. The highest BCUT2D eigenvalue weighted by Gasteiger charge is 2.52. The predicted molar refractivity (Wildman–Crippen MR) is 98.2 cm³/mol. The lowest BCUT2D eigenvalue weighted by Crippen LogP contribution is -2.67. The Labute approximate surface area is 173 Å². The first kappa shape index (κ1) is 24.9. The first-order chi connectivity index (χ1) is 14.0. The van der Waals surface area contributed by atoms with Crippen molar-refractivity contribution in [3.8, 4) is 12.3 Å². The summed E-state index contributed by atoms with van der Waals surface area (Å²) < 4.78 is 26.2. The van der Waals surface area contributed by atoms with Crippen LogP contribution in [0.3, 0.4) is 0 Å². The highest BCUT2D eigenvalue weighted by molar-refractivity contribution is 5.77. The molecule has 0 aromatic rings. The highest BCUT2D eigenvalue weighted by Crippen LogP contribution is 2.28. The van der Waals surface area contributed by atoms with Gasteiger partial charge in [-0.15, -0.1) is 12.3 Å². The predicted octanol–water partition coefficient (Wildman–Crippen LogP) is -0.401. The van der Waals surface area contributed by atoms with Gasteiger partial charge in [-0.3, -0.25) is 24.0 Å². The van der Waals surface area contributed by atoms with Gasteiger partial charge in [0.05, 0.1) is 0 Å². The Bertz CT molecular complexity index is 713. The Balaban J connectivity index is 3.30. The number of carbonyl (C=O) groups is 5. The molecule has 5 atom stereocenters. The van der Waals surface area contributed by atoms with Crippen molar-refractivity contribution in [1.82, 2.24) is 5.32 Å². The monoisotopic (exact) mass is 427 g/mol. The molecule has 1 amide bonds. The molecular weight excluding hydrogens is 402 g/mol. The fourth-order valence-corrected chi connectivity index (χ4v) is 2.76. The minimum Gasteiger partial charge on any atom is -0.463 e. The van der Waals surface area contributed by atoms with Crippen LogP contribution in [0.15, 0.2) is 0 Å². The van der Waals surface area contributed by atoms with Crippen LogP contribution in [0.25, 0.3) is 0 Å². The molecule has 0 aliphatic carbocycles. The highest BCUT2D eigenvalue weighted by atomic mass is 16.7. The fourth-order valence-electron chi connectivity index (χ4n) is 2.76. The van der Waals surface area contributed by atoms with E-state index in [0.29, 0.717) is 0 Å². The molecule has 1 fully saturated rings. The van der Waals surface area contributed by atoms with Gasteiger partial charge in [0.15, 0.2) is 12.2 Å². The molecule has 0 spiro atoms. The van der Waals surface area contributed by atoms with E-state index in [-0.39, 0.29) is 19.4 Å². The summed E-state index contributed by atoms with van der Waals surface area (Å²) in [7, 11) is 0. The summed E-state index contributed by atoms with van der Waals surface area (Å²) in [5, 5.41) is 2.54. The van der Waals surface area contributed by atoms with Crippen molar-refractivity contribution in [3.63, 3.8) is 0 Å². The quantitative estimate of drug-likeness (QED) is 0.309. The van der Waals surface area contributed by atoms with Gasteiger partial charge < -0.3 is 29.0 Å². The average molecular weight is 427 g/mol. The second-order valence-electron chi connectivity index (χ2n) is 6.40. The van der Waals surface area contributed by atoms with Gasteiger partial charge in [0, 0.05) is 40.5 Å². The summed E-state index contributed by atoms with van der Waals surface area (Å²) in [6, 6.07) is -1.22. The number of hydrogen-bond acceptors (Lipinski definition) is 10. The molecule has 0 bridgehead atoms. The molecule has 1 rings (SSSR count). The zero-order valence-corrected chi connectivity index (χ0v) is 17.2. The van der Waals surface area contributed by atoms with Gasteiger partial charge >= 0.3 is 23.9 Å². The van der Waals surface area contributed by atoms with E-state index in [4.69, 9.17) is 30.1 Å². The van der Waals surface area contributed by atoms with Crippen LogP contribution in [-0.4, -0.2) is 67.0 Å². The Hall–Kier alpha value is -3.13. The molecule has 1 unspecified atom stereocenters. The van der Waals surface area contributed by atoms with Crippen molar-refractivity contribution >= 4 is 29.8 Å². The Morgan fingerprint density at radius 2 is 1.47 bits per heavy atom. The summed E-state index contributed by atoms with van der Waals surface area (Å²) in [4.78, 5) is 58.4. The van der Waals surface area contributed by atoms with Crippen LogP contribution >= 0.6 is 0 Å². The summed E-state index contributed by atoms with van der Waals surface area (Å²) in [6.07, 6.45) is 0.0964. The molecule has 0 saturated carbocycles. The molecule has 0 aromatic heterocycles. The fraction of sp³-hybridized carbons (Fsp3) is 0.632. The van der Waals surface area contributed by atoms with Gasteiger partial charge in [-0.05, 0) is 0 Å². The SMILES string of the molecule is C#CCCC(=O)N[C@@H]1C(OC(C)=O)O[C@H](COC(C)=O)[C@@H](OC(C)=O)[C@@H]1OC(C)=O. The molecule has 11 heteroatoms. The largest absolute Gasteiger partial charge is 0.463 e. The molecule has 1 saturated heterocycles. The smallest absolute Gasteiger partial charge is 0.305 e. The van der Waals surface area contributed by atoms with Crippen LogP contribution in [0.4, 0.5) is 0 Å². The summed E-state index contributed by atoms with van der Waals surface area (Å²) in [5.74, 6) is -1.10. The van der Waals surface area contributed by atoms with Crippen LogP contribution in [0, 0.1) is 12.3 Å². The minimum absolute atomic E-state index is 0.0539. The van der Waals surface area contributed by atoms with Gasteiger partial charge in [-0.1, -0.05) is 0 Å². The lowest BCUT2D eigenvalue weighted by Gasteiger charge is -2.44. The number of amides is 1. The number of carbonyl (C=O) groups excluding carboxylic acids is 5. The molecule has 11 nitrogen and oxygen atoms in total. The third-order valence-electron chi connectivity index (χ3n) is 3.81. The maximum atomic E-state index is 12.2. The summed E-state index contributed by atoms with van der Waals surface area (Å²) in [6.45, 7) is 4.11. The van der Waals surface area contributed by atoms with Crippen LogP contribution < -0.4 is 5.32 Å². The van der Waals surface area contributed by atoms with E-state index in [0.717, 1.165) is 27.7 Å². The number of hydrogen-bond donors (Lipinski definition) is 1. The average Bonchev–Trinajstić information content (AvgIpc) is 2.62. The van der Waals surface area contributed by atoms with E-state index in [1.807, 2.05) is 0 Å². The molecule has 30 heavy (non-hydrogen) atoms. The molecular formula is C19H25NO10. The number of ether oxygens (including phenoxy) is 5. The zero-order chi connectivity index (χ0) is 22.8. The van der Waals surface area contributed by atoms with Gasteiger partial charge in [0.1, 0.15) is 18.8 Å². The molecule has 1 N–H and O–H groups in total. The molecule has 166 valence electrons. The van der Waals surface area contributed by atoms with E-state index in [9.17, 15) is 24.0 Å². The van der Waals surface area contributed by atoms with Crippen LogP contribution in [0.5, 0.6) is 0 Å². The maximum absolute atomic E-state index is 12.2. The van der Waals surface area contributed by atoms with E-state index in [1.165, 1.54) is 0 Å². The number of rotatable bonds is 8. The lowest BCUT2D eigenvalue weighted by molar-refractivity contribution is -0.271.